The highest BCUT2D eigenvalue weighted by atomic mass is 16.4. The number of aliphatic hydroxyl groups is 1. The lowest BCUT2D eigenvalue weighted by atomic mass is 9.93. The van der Waals surface area contributed by atoms with Gasteiger partial charge in [0.05, 0.1) is 24.6 Å². The van der Waals surface area contributed by atoms with Crippen LogP contribution in [0.5, 0.6) is 5.75 Å². The number of carboxylic acid groups (broad SMARTS) is 1. The second-order valence-electron chi connectivity index (χ2n) is 18.0. The fraction of sp³-hybridized carbons (Fsp3) is 0.667. The van der Waals surface area contributed by atoms with Crippen molar-refractivity contribution in [3.05, 3.63) is 29.8 Å². The Morgan fingerprint density at radius 3 is 1.95 bits per heavy atom. The Bertz CT molecular complexity index is 1770. The summed E-state index contributed by atoms with van der Waals surface area (Å²) in [6, 6.07) is -2.55. The number of carboxylic acids is 1. The van der Waals surface area contributed by atoms with Crippen LogP contribution in [0.25, 0.3) is 0 Å². The number of carbonyl (C=O) groups excluding carboxylic acids is 7. The number of hydrogen-bond acceptors (Lipinski definition) is 11. The Labute approximate surface area is 356 Å². The van der Waals surface area contributed by atoms with Crippen molar-refractivity contribution in [2.24, 2.45) is 11.8 Å². The van der Waals surface area contributed by atoms with Crippen LogP contribution in [0.3, 0.4) is 0 Å². The number of phenolic OH excluding ortho intramolecular Hbond substituents is 1. The number of amides is 7. The van der Waals surface area contributed by atoms with Crippen molar-refractivity contribution < 1.29 is 53.7 Å². The molecule has 19 heteroatoms. The first-order valence-electron chi connectivity index (χ1n) is 21.1. The number of aliphatic carboxylic acids is 1. The van der Waals surface area contributed by atoms with Gasteiger partial charge >= 0.3 is 5.97 Å². The molecule has 0 spiro atoms. The Kier molecular flexibility index (Phi) is 16.6. The zero-order valence-electron chi connectivity index (χ0n) is 36.2. The molecule has 4 aliphatic heterocycles. The molecule has 19 nitrogen and oxygen atoms in total. The fourth-order valence-electron chi connectivity index (χ4n) is 8.13. The summed E-state index contributed by atoms with van der Waals surface area (Å²) in [5.41, 5.74) is -0.0777. The van der Waals surface area contributed by atoms with E-state index in [1.165, 1.54) is 26.0 Å². The Morgan fingerprint density at radius 1 is 0.787 bits per heavy atom. The molecule has 4 fully saturated rings. The maximum absolute atomic E-state index is 14.4. The molecule has 4 aliphatic rings. The summed E-state index contributed by atoms with van der Waals surface area (Å²) in [6.07, 6.45) is -0.957. The van der Waals surface area contributed by atoms with Gasteiger partial charge in [0.1, 0.15) is 36.0 Å². The number of fused-ring (bicyclic) bond motifs is 17. The average molecular weight is 857 g/mol. The maximum Gasteiger partial charge on any atom is 0.305 e. The van der Waals surface area contributed by atoms with Crippen LogP contribution >= 0.6 is 0 Å². The van der Waals surface area contributed by atoms with E-state index in [1.807, 2.05) is 13.8 Å². The number of piperidine rings is 1. The van der Waals surface area contributed by atoms with Gasteiger partial charge in [-0.1, -0.05) is 26.0 Å². The first kappa shape index (κ1) is 48.4. The molecule has 338 valence electrons. The van der Waals surface area contributed by atoms with Crippen molar-refractivity contribution in [2.45, 2.75) is 147 Å². The van der Waals surface area contributed by atoms with Gasteiger partial charge in [-0.25, -0.2) is 0 Å². The summed E-state index contributed by atoms with van der Waals surface area (Å²) in [5.74, 6) is -6.92. The summed E-state index contributed by atoms with van der Waals surface area (Å²) in [6.45, 7) is 12.3. The topological polar surface area (TPSA) is 276 Å². The standard InChI is InChI=1S/C42H64N8O11/c1-22(2)19-28-36(56)45-29(21-32(53)54)37(57)47-33(24(4)51)39(59)43-23(3)34(40(60)48-42(5,6)7)50-16-8-9-31(50)38(58)46-30(20-25-10-12-27(52)13-11-25)41(61)49-17-14-26(15-18-49)35(55)44-28/h10-13,22-24,26,28-31,33-34,51-52H,8-9,14-21H2,1-7H3,(H,43,59)(H,44,55)(H,45,56)(H,46,58)(H,47,57)(H,48,60)(H,53,54)/t23-,24+,28-,29-,30-,31-,33-,34?/m0/s1. The van der Waals surface area contributed by atoms with Crippen LogP contribution in [0.4, 0.5) is 0 Å². The van der Waals surface area contributed by atoms with E-state index in [0.29, 0.717) is 18.4 Å². The van der Waals surface area contributed by atoms with Crippen LogP contribution in [0.2, 0.25) is 0 Å². The predicted molar refractivity (Wildman–Crippen MR) is 221 cm³/mol. The van der Waals surface area contributed by atoms with Crippen molar-refractivity contribution >= 4 is 47.3 Å². The number of phenols is 1. The molecule has 0 radical (unpaired) electrons. The first-order valence-corrected chi connectivity index (χ1v) is 21.1. The molecule has 5 rings (SSSR count). The van der Waals surface area contributed by atoms with Crippen LogP contribution in [-0.4, -0.2) is 146 Å². The third-order valence-corrected chi connectivity index (χ3v) is 11.1. The summed E-state index contributed by atoms with van der Waals surface area (Å²) in [5, 5.41) is 46.5. The highest BCUT2D eigenvalue weighted by Gasteiger charge is 2.45. The zero-order valence-corrected chi connectivity index (χ0v) is 36.2. The van der Waals surface area contributed by atoms with Gasteiger partial charge in [0.15, 0.2) is 0 Å². The molecule has 8 atom stereocenters. The second kappa shape index (κ2) is 21.0. The van der Waals surface area contributed by atoms with Crippen molar-refractivity contribution in [1.82, 2.24) is 41.7 Å². The van der Waals surface area contributed by atoms with Crippen LogP contribution in [0.15, 0.2) is 24.3 Å². The molecule has 1 aromatic rings. The van der Waals surface area contributed by atoms with Crippen molar-refractivity contribution in [3.8, 4) is 5.75 Å². The number of nitrogens with zero attached hydrogens (tertiary/aromatic N) is 2. The molecule has 7 amide bonds. The van der Waals surface area contributed by atoms with Gasteiger partial charge in [-0.05, 0) is 96.9 Å². The van der Waals surface area contributed by atoms with Gasteiger partial charge in [-0.3, -0.25) is 43.3 Å². The van der Waals surface area contributed by atoms with E-state index in [4.69, 9.17) is 0 Å². The largest absolute Gasteiger partial charge is 0.508 e. The highest BCUT2D eigenvalue weighted by Crippen LogP contribution is 2.25. The summed E-state index contributed by atoms with van der Waals surface area (Å²) >= 11 is 0. The number of benzene rings is 1. The number of rotatable bonds is 8. The number of aromatic hydroxyl groups is 1. The van der Waals surface area contributed by atoms with E-state index >= 15 is 0 Å². The molecular weight excluding hydrogens is 793 g/mol. The number of hydrogen-bond donors (Lipinski definition) is 9. The molecule has 0 aliphatic carbocycles. The lowest BCUT2D eigenvalue weighted by Gasteiger charge is -2.38. The monoisotopic (exact) mass is 856 g/mol. The lowest BCUT2D eigenvalue weighted by molar-refractivity contribution is -0.142. The zero-order chi connectivity index (χ0) is 45.3. The van der Waals surface area contributed by atoms with E-state index in [0.717, 1.165) is 0 Å². The van der Waals surface area contributed by atoms with Crippen molar-refractivity contribution in [1.29, 1.82) is 0 Å². The second-order valence-corrected chi connectivity index (χ2v) is 18.0. The van der Waals surface area contributed by atoms with Gasteiger partial charge < -0.3 is 52.1 Å². The van der Waals surface area contributed by atoms with E-state index in [-0.39, 0.29) is 57.0 Å². The molecule has 0 saturated carbocycles. The molecule has 9 N–H and O–H groups in total. The van der Waals surface area contributed by atoms with Gasteiger partial charge in [0.25, 0.3) is 0 Å². The smallest absolute Gasteiger partial charge is 0.305 e. The van der Waals surface area contributed by atoms with E-state index in [9.17, 15) is 53.7 Å². The van der Waals surface area contributed by atoms with Crippen molar-refractivity contribution in [3.63, 3.8) is 0 Å². The molecule has 61 heavy (non-hydrogen) atoms. The van der Waals surface area contributed by atoms with Crippen molar-refractivity contribution in [2.75, 3.05) is 19.6 Å². The quantitative estimate of drug-likeness (QED) is 0.147. The van der Waals surface area contributed by atoms with Crippen LogP contribution in [0.1, 0.15) is 92.6 Å². The minimum absolute atomic E-state index is 0.0235. The molecule has 1 unspecified atom stereocenters. The Morgan fingerprint density at radius 2 is 1.38 bits per heavy atom. The molecule has 4 saturated heterocycles. The van der Waals surface area contributed by atoms with E-state index in [2.05, 4.69) is 31.9 Å². The molecule has 1 aromatic carbocycles. The highest BCUT2D eigenvalue weighted by molar-refractivity contribution is 5.97. The van der Waals surface area contributed by atoms with Gasteiger partial charge in [-0.15, -0.1) is 0 Å². The molecule has 2 bridgehead atoms. The molecule has 4 heterocycles. The Balaban J connectivity index is 1.77. The number of carbonyl (C=O) groups is 8. The normalized spacial score (nSPS) is 28.5. The van der Waals surface area contributed by atoms with Crippen LogP contribution in [-0.2, 0) is 44.8 Å². The Hall–Kier alpha value is -5.30. The SMILES string of the molecule is CC(C)C[C@@H]1NC(=O)C2CCN(CC2)C(=O)[C@H](Cc2ccc(O)cc2)NC(=O)[C@@H]2CCCN2C(C(=O)NC(C)(C)C)[C@H](C)NC(=O)[C@H]([C@@H](C)O)NC(=O)[C@H](CC(=O)O)NC1=O. The lowest BCUT2D eigenvalue weighted by Crippen LogP contribution is -2.65. The van der Waals surface area contributed by atoms with Crippen LogP contribution < -0.4 is 31.9 Å². The van der Waals surface area contributed by atoms with Crippen LogP contribution in [0, 0.1) is 11.8 Å². The third-order valence-electron chi connectivity index (χ3n) is 11.1. The third kappa shape index (κ3) is 13.6. The summed E-state index contributed by atoms with van der Waals surface area (Å²) in [4.78, 5) is 113. The minimum atomic E-state index is -1.72. The molecule has 0 aromatic heterocycles. The van der Waals surface area contributed by atoms with E-state index in [1.54, 1.807) is 42.7 Å². The average Bonchev–Trinajstić information content (AvgIpc) is 3.64. The minimum Gasteiger partial charge on any atom is -0.508 e. The summed E-state index contributed by atoms with van der Waals surface area (Å²) < 4.78 is 0. The maximum atomic E-state index is 14.4. The summed E-state index contributed by atoms with van der Waals surface area (Å²) in [7, 11) is 0. The van der Waals surface area contributed by atoms with Gasteiger partial charge in [0, 0.05) is 31.0 Å². The van der Waals surface area contributed by atoms with Gasteiger partial charge in [-0.2, -0.15) is 0 Å². The number of aliphatic hydroxyl groups excluding tert-OH is 1. The van der Waals surface area contributed by atoms with E-state index < -0.39 is 114 Å². The predicted octanol–water partition coefficient (Wildman–Crippen LogP) is -0.720. The number of nitrogens with one attached hydrogen (secondary N) is 6. The fourth-order valence-corrected chi connectivity index (χ4v) is 8.13. The first-order chi connectivity index (χ1) is 28.5. The van der Waals surface area contributed by atoms with Gasteiger partial charge in [0.2, 0.25) is 41.4 Å². The molecular formula is C42H64N8O11.